The number of para-hydroxylation sites is 3. The number of halogens is 2. The predicted molar refractivity (Wildman–Crippen MR) is 134 cm³/mol. The minimum atomic E-state index is -3.04. The molecule has 0 bridgehead atoms. The lowest BCUT2D eigenvalue weighted by Crippen LogP contribution is -2.22. The Hall–Kier alpha value is -4.11. The minimum Gasteiger partial charge on any atom is -0.452 e. The van der Waals surface area contributed by atoms with E-state index in [0.717, 1.165) is 28.1 Å². The number of anilines is 1. The van der Waals surface area contributed by atoms with Crippen molar-refractivity contribution in [3.05, 3.63) is 87.7 Å². The number of carbonyl (C=O) groups is 2. The number of thiophene rings is 1. The van der Waals surface area contributed by atoms with E-state index in [4.69, 9.17) is 9.72 Å². The zero-order valence-corrected chi connectivity index (χ0v) is 19.7. The number of nitrogens with one attached hydrogen (secondary N) is 1. The molecule has 0 saturated heterocycles. The van der Waals surface area contributed by atoms with Gasteiger partial charge in [-0.15, -0.1) is 11.3 Å². The van der Waals surface area contributed by atoms with E-state index >= 15 is 0 Å². The van der Waals surface area contributed by atoms with Crippen LogP contribution < -0.4 is 10.1 Å². The Labute approximate surface area is 209 Å². The van der Waals surface area contributed by atoms with Gasteiger partial charge in [-0.2, -0.15) is 8.78 Å². The van der Waals surface area contributed by atoms with Crippen molar-refractivity contribution in [3.8, 4) is 5.75 Å². The summed E-state index contributed by atoms with van der Waals surface area (Å²) in [5.41, 5.74) is 3.69. The van der Waals surface area contributed by atoms with Crippen LogP contribution in [0.15, 0.2) is 66.0 Å². The van der Waals surface area contributed by atoms with Gasteiger partial charge in [0.15, 0.2) is 6.61 Å². The van der Waals surface area contributed by atoms with Gasteiger partial charge in [0.2, 0.25) is 0 Å². The topological polar surface area (TPSA) is 77.5 Å². The van der Waals surface area contributed by atoms with Crippen LogP contribution in [0.5, 0.6) is 5.75 Å². The number of pyridine rings is 1. The molecule has 2 aromatic heterocycles. The third kappa shape index (κ3) is 4.96. The van der Waals surface area contributed by atoms with E-state index < -0.39 is 25.1 Å². The summed E-state index contributed by atoms with van der Waals surface area (Å²) in [7, 11) is 0. The van der Waals surface area contributed by atoms with Crippen LogP contribution in [-0.4, -0.2) is 30.1 Å². The molecule has 2 heterocycles. The second kappa shape index (κ2) is 10.2. The minimum absolute atomic E-state index is 0.0532. The lowest BCUT2D eigenvalue weighted by atomic mass is 10.0. The molecule has 0 fully saturated rings. The molecule has 5 rings (SSSR count). The highest BCUT2D eigenvalue weighted by Crippen LogP contribution is 2.38. The SMILES string of the molecule is O=C(COC(=O)c1c2c(nc3ccccc13)/C(=C\c1cccs1)CC2)Nc1ccccc1OC(F)F. The maximum atomic E-state index is 13.2. The first-order chi connectivity index (χ1) is 17.5. The van der Waals surface area contributed by atoms with Gasteiger partial charge < -0.3 is 14.8 Å². The van der Waals surface area contributed by atoms with Crippen molar-refractivity contribution in [2.75, 3.05) is 11.9 Å². The number of allylic oxidation sites excluding steroid dienone is 1. The molecule has 4 aromatic rings. The summed E-state index contributed by atoms with van der Waals surface area (Å²) in [4.78, 5) is 31.6. The molecule has 1 N–H and O–H groups in total. The number of carbonyl (C=O) groups excluding carboxylic acids is 2. The van der Waals surface area contributed by atoms with Crippen LogP contribution in [0.25, 0.3) is 22.6 Å². The van der Waals surface area contributed by atoms with Gasteiger partial charge in [-0.05, 0) is 59.7 Å². The largest absolute Gasteiger partial charge is 0.452 e. The third-order valence-corrected chi connectivity index (χ3v) is 6.54. The van der Waals surface area contributed by atoms with E-state index in [1.165, 1.54) is 18.2 Å². The van der Waals surface area contributed by atoms with E-state index in [0.29, 0.717) is 22.9 Å². The number of hydrogen-bond acceptors (Lipinski definition) is 6. The first kappa shape index (κ1) is 23.6. The summed E-state index contributed by atoms with van der Waals surface area (Å²) in [6, 6.07) is 17.1. The van der Waals surface area contributed by atoms with E-state index in [9.17, 15) is 18.4 Å². The lowest BCUT2D eigenvalue weighted by Gasteiger charge is -2.13. The average molecular weight is 507 g/mol. The second-order valence-corrected chi connectivity index (χ2v) is 8.99. The fourth-order valence-corrected chi connectivity index (χ4v) is 4.90. The van der Waals surface area contributed by atoms with Crippen molar-refractivity contribution in [1.82, 2.24) is 4.98 Å². The molecule has 1 aliphatic carbocycles. The quantitative estimate of drug-likeness (QED) is 0.303. The molecular weight excluding hydrogens is 486 g/mol. The summed E-state index contributed by atoms with van der Waals surface area (Å²) in [6.07, 6.45) is 3.44. The Kier molecular flexibility index (Phi) is 6.73. The maximum absolute atomic E-state index is 13.2. The first-order valence-corrected chi connectivity index (χ1v) is 12.0. The lowest BCUT2D eigenvalue weighted by molar-refractivity contribution is -0.119. The van der Waals surface area contributed by atoms with E-state index in [1.807, 2.05) is 35.7 Å². The zero-order chi connectivity index (χ0) is 25.1. The van der Waals surface area contributed by atoms with E-state index in [1.54, 1.807) is 23.5 Å². The molecule has 0 radical (unpaired) electrons. The van der Waals surface area contributed by atoms with Crippen LogP contribution in [0, 0.1) is 0 Å². The van der Waals surface area contributed by atoms with Crippen molar-refractivity contribution >= 4 is 51.5 Å². The monoisotopic (exact) mass is 506 g/mol. The fourth-order valence-electron chi connectivity index (χ4n) is 4.22. The van der Waals surface area contributed by atoms with Crippen molar-refractivity contribution < 1.29 is 27.8 Å². The zero-order valence-electron chi connectivity index (χ0n) is 18.9. The molecule has 36 heavy (non-hydrogen) atoms. The molecule has 0 unspecified atom stereocenters. The van der Waals surface area contributed by atoms with E-state index in [2.05, 4.69) is 16.1 Å². The maximum Gasteiger partial charge on any atom is 0.387 e. The van der Waals surface area contributed by atoms with Crippen molar-refractivity contribution in [2.45, 2.75) is 19.5 Å². The summed E-state index contributed by atoms with van der Waals surface area (Å²) in [5, 5.41) is 5.10. The summed E-state index contributed by atoms with van der Waals surface area (Å²) < 4.78 is 35.1. The van der Waals surface area contributed by atoms with Gasteiger partial charge in [0, 0.05) is 10.3 Å². The average Bonchev–Trinajstić information content (AvgIpc) is 3.52. The predicted octanol–water partition coefficient (Wildman–Crippen LogP) is 6.18. The molecule has 0 saturated carbocycles. The molecule has 0 aliphatic heterocycles. The van der Waals surface area contributed by atoms with Gasteiger partial charge in [0.1, 0.15) is 5.75 Å². The fraction of sp³-hybridized carbons (Fsp3) is 0.148. The van der Waals surface area contributed by atoms with E-state index in [-0.39, 0.29) is 11.4 Å². The van der Waals surface area contributed by atoms with Gasteiger partial charge in [0.25, 0.3) is 5.91 Å². The van der Waals surface area contributed by atoms with Gasteiger partial charge >= 0.3 is 12.6 Å². The number of aromatic nitrogens is 1. The highest BCUT2D eigenvalue weighted by molar-refractivity contribution is 7.10. The van der Waals surface area contributed by atoms with Crippen LogP contribution in [0.3, 0.4) is 0 Å². The number of amides is 1. The third-order valence-electron chi connectivity index (χ3n) is 5.72. The Morgan fingerprint density at radius 1 is 1.06 bits per heavy atom. The number of alkyl halides is 2. The summed E-state index contributed by atoms with van der Waals surface area (Å²) in [6.45, 7) is -3.63. The molecule has 1 aliphatic rings. The molecule has 9 heteroatoms. The molecule has 0 atom stereocenters. The van der Waals surface area contributed by atoms with Crippen molar-refractivity contribution in [2.24, 2.45) is 0 Å². The normalized spacial score (nSPS) is 13.7. The molecule has 0 spiro atoms. The number of hydrogen-bond donors (Lipinski definition) is 1. The number of rotatable bonds is 7. The molecule has 182 valence electrons. The number of nitrogens with zero attached hydrogens (tertiary/aromatic N) is 1. The second-order valence-electron chi connectivity index (χ2n) is 8.02. The Morgan fingerprint density at radius 2 is 1.86 bits per heavy atom. The number of ether oxygens (including phenoxy) is 2. The number of esters is 1. The number of fused-ring (bicyclic) bond motifs is 2. The van der Waals surface area contributed by atoms with Crippen LogP contribution in [-0.2, 0) is 16.0 Å². The molecule has 6 nitrogen and oxygen atoms in total. The Bertz CT molecular complexity index is 1470. The molecular formula is C27H20F2N2O4S. The van der Waals surface area contributed by atoms with Gasteiger partial charge in [0.05, 0.1) is 22.5 Å². The van der Waals surface area contributed by atoms with Crippen molar-refractivity contribution in [1.29, 1.82) is 0 Å². The van der Waals surface area contributed by atoms with Gasteiger partial charge in [-0.3, -0.25) is 4.79 Å². The number of benzene rings is 2. The first-order valence-electron chi connectivity index (χ1n) is 11.2. The molecule has 2 aromatic carbocycles. The highest BCUT2D eigenvalue weighted by Gasteiger charge is 2.28. The smallest absolute Gasteiger partial charge is 0.387 e. The molecule has 1 amide bonds. The van der Waals surface area contributed by atoms with Crippen LogP contribution >= 0.6 is 11.3 Å². The standard InChI is InChI=1S/C27H20F2N2O4S/c28-27(29)35-22-10-4-3-9-21(22)30-23(32)15-34-26(33)24-18-7-1-2-8-20(18)31-25-16(11-12-19(24)25)14-17-6-5-13-36-17/h1-10,13-14,27H,11-12,15H2,(H,30,32)/b16-14-. The Morgan fingerprint density at radius 3 is 2.67 bits per heavy atom. The summed E-state index contributed by atoms with van der Waals surface area (Å²) >= 11 is 1.62. The van der Waals surface area contributed by atoms with Crippen LogP contribution in [0.4, 0.5) is 14.5 Å². The Balaban J connectivity index is 1.39. The highest BCUT2D eigenvalue weighted by atomic mass is 32.1. The van der Waals surface area contributed by atoms with Gasteiger partial charge in [-0.25, -0.2) is 9.78 Å². The van der Waals surface area contributed by atoms with Gasteiger partial charge in [-0.1, -0.05) is 36.4 Å². The van der Waals surface area contributed by atoms with Crippen molar-refractivity contribution in [3.63, 3.8) is 0 Å². The summed E-state index contributed by atoms with van der Waals surface area (Å²) in [5.74, 6) is -1.51. The van der Waals surface area contributed by atoms with Crippen LogP contribution in [0.1, 0.15) is 32.9 Å². The van der Waals surface area contributed by atoms with Crippen LogP contribution in [0.2, 0.25) is 0 Å².